The fraction of sp³-hybridized carbons (Fsp3) is 0.222. The Morgan fingerprint density at radius 1 is 1.54 bits per heavy atom. The number of aryl methyl sites for hydroxylation is 1. The van der Waals surface area contributed by atoms with Crippen molar-refractivity contribution in [1.82, 2.24) is 9.97 Å². The van der Waals surface area contributed by atoms with Gasteiger partial charge in [0.15, 0.2) is 0 Å². The summed E-state index contributed by atoms with van der Waals surface area (Å²) in [5, 5.41) is 0. The van der Waals surface area contributed by atoms with E-state index in [1.54, 1.807) is 11.3 Å². The van der Waals surface area contributed by atoms with Crippen molar-refractivity contribution in [3.05, 3.63) is 28.9 Å². The van der Waals surface area contributed by atoms with Gasteiger partial charge in [-0.25, -0.2) is 4.98 Å². The summed E-state index contributed by atoms with van der Waals surface area (Å²) in [5.74, 6) is 0.933. The largest absolute Gasteiger partial charge is 0.341 e. The summed E-state index contributed by atoms with van der Waals surface area (Å²) < 4.78 is 0. The fourth-order valence-electron chi connectivity index (χ4n) is 1.15. The lowest BCUT2D eigenvalue weighted by Gasteiger charge is -1.88. The third-order valence-corrected chi connectivity index (χ3v) is 2.91. The molecule has 2 aromatic rings. The van der Waals surface area contributed by atoms with E-state index in [-0.39, 0.29) is 0 Å². The van der Waals surface area contributed by atoms with Crippen molar-refractivity contribution in [3.8, 4) is 10.7 Å². The van der Waals surface area contributed by atoms with Crippen LogP contribution in [0.5, 0.6) is 0 Å². The van der Waals surface area contributed by atoms with Crippen molar-refractivity contribution >= 4 is 11.3 Å². The predicted octanol–water partition coefficient (Wildman–Crippen LogP) is 1.91. The molecule has 0 aliphatic rings. The second-order valence-corrected chi connectivity index (χ2v) is 4.05. The molecule has 3 nitrogen and oxygen atoms in total. The third kappa shape index (κ3) is 1.64. The standard InChI is InChI=1S/C9H11N3S/c1-6-5-11-9(12-6)8-3-2-7(4-10)13-8/h2-3,5H,4,10H2,1H3,(H,11,12). The zero-order valence-electron chi connectivity index (χ0n) is 7.37. The number of rotatable bonds is 2. The summed E-state index contributed by atoms with van der Waals surface area (Å²) in [6.07, 6.45) is 1.83. The highest BCUT2D eigenvalue weighted by molar-refractivity contribution is 7.15. The molecule has 0 atom stereocenters. The molecule has 0 aliphatic heterocycles. The van der Waals surface area contributed by atoms with E-state index in [1.807, 2.05) is 25.3 Å². The quantitative estimate of drug-likeness (QED) is 0.765. The average molecular weight is 193 g/mol. The Hall–Kier alpha value is -1.13. The molecule has 0 saturated heterocycles. The minimum atomic E-state index is 0.602. The van der Waals surface area contributed by atoms with E-state index in [1.165, 1.54) is 4.88 Å². The highest BCUT2D eigenvalue weighted by Crippen LogP contribution is 2.25. The van der Waals surface area contributed by atoms with Gasteiger partial charge in [-0.2, -0.15) is 0 Å². The van der Waals surface area contributed by atoms with Gasteiger partial charge in [0.05, 0.1) is 4.88 Å². The number of aromatic nitrogens is 2. The molecule has 0 unspecified atom stereocenters. The van der Waals surface area contributed by atoms with E-state index in [0.29, 0.717) is 6.54 Å². The number of hydrogen-bond donors (Lipinski definition) is 2. The SMILES string of the molecule is Cc1cnc(-c2ccc(CN)s2)[nH]1. The van der Waals surface area contributed by atoms with Gasteiger partial charge in [-0.1, -0.05) is 0 Å². The first-order chi connectivity index (χ1) is 6.29. The van der Waals surface area contributed by atoms with Gasteiger partial charge in [-0.05, 0) is 19.1 Å². The maximum Gasteiger partial charge on any atom is 0.147 e. The molecular formula is C9H11N3S. The Morgan fingerprint density at radius 2 is 2.38 bits per heavy atom. The summed E-state index contributed by atoms with van der Waals surface area (Å²) in [7, 11) is 0. The van der Waals surface area contributed by atoms with E-state index >= 15 is 0 Å². The lowest BCUT2D eigenvalue weighted by Crippen LogP contribution is -1.91. The first-order valence-corrected chi connectivity index (χ1v) is 4.92. The molecule has 2 rings (SSSR count). The number of nitrogens with one attached hydrogen (secondary N) is 1. The molecule has 2 heterocycles. The van der Waals surface area contributed by atoms with Crippen LogP contribution >= 0.6 is 11.3 Å². The van der Waals surface area contributed by atoms with E-state index in [4.69, 9.17) is 5.73 Å². The summed E-state index contributed by atoms with van der Waals surface area (Å²) in [4.78, 5) is 9.77. The second-order valence-electron chi connectivity index (χ2n) is 2.88. The summed E-state index contributed by atoms with van der Waals surface area (Å²) >= 11 is 1.68. The van der Waals surface area contributed by atoms with Crippen LogP contribution in [0.4, 0.5) is 0 Å². The summed E-state index contributed by atoms with van der Waals surface area (Å²) in [6, 6.07) is 4.09. The third-order valence-electron chi connectivity index (χ3n) is 1.80. The van der Waals surface area contributed by atoms with Crippen LogP contribution in [0.1, 0.15) is 10.6 Å². The number of imidazole rings is 1. The average Bonchev–Trinajstić information content (AvgIpc) is 2.71. The van der Waals surface area contributed by atoms with Gasteiger partial charge in [-0.15, -0.1) is 11.3 Å². The second kappa shape index (κ2) is 3.32. The minimum absolute atomic E-state index is 0.602. The molecule has 3 N–H and O–H groups in total. The van der Waals surface area contributed by atoms with Crippen molar-refractivity contribution < 1.29 is 0 Å². The number of thiophene rings is 1. The summed E-state index contributed by atoms with van der Waals surface area (Å²) in [5.41, 5.74) is 6.61. The van der Waals surface area contributed by atoms with Crippen molar-refractivity contribution in [2.75, 3.05) is 0 Å². The Labute approximate surface area is 80.6 Å². The molecule has 2 aromatic heterocycles. The van der Waals surface area contributed by atoms with Crippen LogP contribution in [0, 0.1) is 6.92 Å². The van der Waals surface area contributed by atoms with Crippen LogP contribution in [-0.4, -0.2) is 9.97 Å². The molecule has 0 spiro atoms. The number of aromatic amines is 1. The molecule has 0 amide bonds. The smallest absolute Gasteiger partial charge is 0.147 e. The van der Waals surface area contributed by atoms with Crippen LogP contribution in [0.15, 0.2) is 18.3 Å². The first kappa shape index (κ1) is 8.47. The highest BCUT2D eigenvalue weighted by Gasteiger charge is 2.04. The Kier molecular flexibility index (Phi) is 2.16. The van der Waals surface area contributed by atoms with Gasteiger partial charge >= 0.3 is 0 Å². The van der Waals surface area contributed by atoms with E-state index in [2.05, 4.69) is 9.97 Å². The molecule has 13 heavy (non-hydrogen) atoms. The van der Waals surface area contributed by atoms with E-state index in [9.17, 15) is 0 Å². The van der Waals surface area contributed by atoms with Crippen LogP contribution in [-0.2, 0) is 6.54 Å². The van der Waals surface area contributed by atoms with E-state index in [0.717, 1.165) is 16.4 Å². The predicted molar refractivity (Wildman–Crippen MR) is 54.5 cm³/mol. The molecular weight excluding hydrogens is 182 g/mol. The zero-order chi connectivity index (χ0) is 9.26. The first-order valence-electron chi connectivity index (χ1n) is 4.10. The molecule has 0 fully saturated rings. The zero-order valence-corrected chi connectivity index (χ0v) is 8.19. The molecule has 0 radical (unpaired) electrons. The lowest BCUT2D eigenvalue weighted by molar-refractivity contribution is 1.11. The summed E-state index contributed by atoms with van der Waals surface area (Å²) in [6.45, 7) is 2.60. The number of H-pyrrole nitrogens is 1. The van der Waals surface area contributed by atoms with Gasteiger partial charge in [0, 0.05) is 23.3 Å². The molecule has 0 aliphatic carbocycles. The van der Waals surface area contributed by atoms with Crippen LogP contribution in [0.3, 0.4) is 0 Å². The van der Waals surface area contributed by atoms with Crippen molar-refractivity contribution in [2.45, 2.75) is 13.5 Å². The van der Waals surface area contributed by atoms with E-state index < -0.39 is 0 Å². The fourth-order valence-corrected chi connectivity index (χ4v) is 1.99. The molecule has 0 aromatic carbocycles. The van der Waals surface area contributed by atoms with Crippen LogP contribution in [0.25, 0.3) is 10.7 Å². The maximum atomic E-state index is 5.53. The Bertz CT molecular complexity index is 402. The van der Waals surface area contributed by atoms with Crippen LogP contribution in [0.2, 0.25) is 0 Å². The number of nitrogens with two attached hydrogens (primary N) is 1. The maximum absolute atomic E-state index is 5.53. The van der Waals surface area contributed by atoms with Gasteiger partial charge in [0.2, 0.25) is 0 Å². The molecule has 4 heteroatoms. The van der Waals surface area contributed by atoms with Gasteiger partial charge < -0.3 is 10.7 Å². The van der Waals surface area contributed by atoms with Crippen molar-refractivity contribution in [1.29, 1.82) is 0 Å². The van der Waals surface area contributed by atoms with Gasteiger partial charge in [0.1, 0.15) is 5.82 Å². The minimum Gasteiger partial charge on any atom is -0.341 e. The highest BCUT2D eigenvalue weighted by atomic mass is 32.1. The monoisotopic (exact) mass is 193 g/mol. The molecule has 0 saturated carbocycles. The molecule has 0 bridgehead atoms. The number of nitrogens with zero attached hydrogens (tertiary/aromatic N) is 1. The normalized spacial score (nSPS) is 10.6. The topological polar surface area (TPSA) is 54.7 Å². The van der Waals surface area contributed by atoms with Gasteiger partial charge in [0.25, 0.3) is 0 Å². The number of hydrogen-bond acceptors (Lipinski definition) is 3. The Morgan fingerprint density at radius 3 is 2.92 bits per heavy atom. The van der Waals surface area contributed by atoms with Crippen LogP contribution < -0.4 is 5.73 Å². The van der Waals surface area contributed by atoms with Crippen molar-refractivity contribution in [3.63, 3.8) is 0 Å². The molecule has 68 valence electrons. The van der Waals surface area contributed by atoms with Crippen molar-refractivity contribution in [2.24, 2.45) is 5.73 Å². The van der Waals surface area contributed by atoms with Gasteiger partial charge in [-0.3, -0.25) is 0 Å². The lowest BCUT2D eigenvalue weighted by atomic mass is 10.4. The Balaban J connectivity index is 2.35.